The van der Waals surface area contributed by atoms with Crippen LogP contribution in [0.5, 0.6) is 0 Å². The summed E-state index contributed by atoms with van der Waals surface area (Å²) in [5.74, 6) is -1.03. The minimum Gasteiger partial charge on any atom is -0.398 e. The average Bonchev–Trinajstić information content (AvgIpc) is 2.35. The molecule has 0 saturated heterocycles. The molecule has 0 aliphatic carbocycles. The van der Waals surface area contributed by atoms with Gasteiger partial charge in [-0.25, -0.2) is 8.78 Å². The normalized spacial score (nSPS) is 12.4. The molecule has 6 heteroatoms. The Morgan fingerprint density at radius 2 is 1.89 bits per heavy atom. The molecular formula is C13H10BrF2NOS. The van der Waals surface area contributed by atoms with Crippen molar-refractivity contribution in [3.63, 3.8) is 0 Å². The number of hydrogen-bond donors (Lipinski definition) is 1. The molecule has 0 radical (unpaired) electrons. The van der Waals surface area contributed by atoms with E-state index in [1.807, 2.05) is 0 Å². The van der Waals surface area contributed by atoms with Gasteiger partial charge in [0.15, 0.2) is 0 Å². The van der Waals surface area contributed by atoms with Crippen LogP contribution in [-0.2, 0) is 16.6 Å². The molecule has 0 heterocycles. The molecule has 2 aromatic rings. The van der Waals surface area contributed by atoms with Crippen molar-refractivity contribution in [2.75, 3.05) is 5.73 Å². The van der Waals surface area contributed by atoms with Crippen LogP contribution in [0.25, 0.3) is 0 Å². The zero-order chi connectivity index (χ0) is 14.0. The van der Waals surface area contributed by atoms with Gasteiger partial charge in [0.25, 0.3) is 0 Å². The van der Waals surface area contributed by atoms with Crippen LogP contribution in [0.2, 0.25) is 0 Å². The van der Waals surface area contributed by atoms with E-state index in [1.54, 1.807) is 6.07 Å². The maximum Gasteiger partial charge on any atom is 0.128 e. The Labute approximate surface area is 120 Å². The molecular weight excluding hydrogens is 336 g/mol. The van der Waals surface area contributed by atoms with Crippen LogP contribution in [0.4, 0.5) is 14.5 Å². The number of nitrogens with two attached hydrogens (primary N) is 1. The van der Waals surface area contributed by atoms with E-state index in [1.165, 1.54) is 24.3 Å². The molecule has 0 amide bonds. The van der Waals surface area contributed by atoms with Crippen molar-refractivity contribution in [2.45, 2.75) is 10.6 Å². The molecule has 0 fully saturated rings. The average molecular weight is 346 g/mol. The molecule has 0 spiro atoms. The van der Waals surface area contributed by atoms with Crippen LogP contribution in [0.3, 0.4) is 0 Å². The summed E-state index contributed by atoms with van der Waals surface area (Å²) in [5.41, 5.74) is 6.18. The van der Waals surface area contributed by atoms with Gasteiger partial charge in [0.05, 0.1) is 21.4 Å². The van der Waals surface area contributed by atoms with E-state index < -0.39 is 22.4 Å². The topological polar surface area (TPSA) is 43.1 Å². The van der Waals surface area contributed by atoms with Crippen LogP contribution in [0.1, 0.15) is 5.56 Å². The molecule has 0 aliphatic rings. The Morgan fingerprint density at radius 1 is 1.16 bits per heavy atom. The SMILES string of the molecule is Nc1ccc(F)cc1S(=O)Cc1ccc(Br)cc1F. The zero-order valence-corrected chi connectivity index (χ0v) is 12.1. The summed E-state index contributed by atoms with van der Waals surface area (Å²) in [7, 11) is -1.59. The highest BCUT2D eigenvalue weighted by Gasteiger charge is 2.13. The summed E-state index contributed by atoms with van der Waals surface area (Å²) in [4.78, 5) is 0.183. The first kappa shape index (κ1) is 14.1. The Balaban J connectivity index is 2.28. The molecule has 2 nitrogen and oxygen atoms in total. The number of anilines is 1. The van der Waals surface area contributed by atoms with Gasteiger partial charge in [-0.2, -0.15) is 0 Å². The van der Waals surface area contributed by atoms with Crippen molar-refractivity contribution in [1.82, 2.24) is 0 Å². The van der Waals surface area contributed by atoms with Crippen molar-refractivity contribution >= 4 is 32.4 Å². The molecule has 100 valence electrons. The number of nitrogen functional groups attached to an aromatic ring is 1. The van der Waals surface area contributed by atoms with Crippen molar-refractivity contribution in [1.29, 1.82) is 0 Å². The van der Waals surface area contributed by atoms with E-state index in [4.69, 9.17) is 5.73 Å². The highest BCUT2D eigenvalue weighted by Crippen LogP contribution is 2.22. The summed E-state index contributed by atoms with van der Waals surface area (Å²) < 4.78 is 39.5. The summed E-state index contributed by atoms with van der Waals surface area (Å²) in [6.45, 7) is 0. The van der Waals surface area contributed by atoms with Gasteiger partial charge < -0.3 is 5.73 Å². The summed E-state index contributed by atoms with van der Waals surface area (Å²) in [6.07, 6.45) is 0. The Kier molecular flexibility index (Phi) is 4.31. The van der Waals surface area contributed by atoms with Gasteiger partial charge in [-0.1, -0.05) is 22.0 Å². The molecule has 2 N–H and O–H groups in total. The highest BCUT2D eigenvalue weighted by molar-refractivity contribution is 9.10. The molecule has 0 aromatic heterocycles. The molecule has 19 heavy (non-hydrogen) atoms. The van der Waals surface area contributed by atoms with Gasteiger partial charge in [0.1, 0.15) is 11.6 Å². The molecule has 0 bridgehead atoms. The smallest absolute Gasteiger partial charge is 0.128 e. The van der Waals surface area contributed by atoms with Gasteiger partial charge in [-0.3, -0.25) is 4.21 Å². The highest BCUT2D eigenvalue weighted by atomic mass is 79.9. The van der Waals surface area contributed by atoms with E-state index in [-0.39, 0.29) is 16.3 Å². The first-order chi connectivity index (χ1) is 8.97. The minimum absolute atomic E-state index is 0.0488. The van der Waals surface area contributed by atoms with Gasteiger partial charge in [0.2, 0.25) is 0 Å². The Hall–Kier alpha value is -1.27. The number of halogens is 3. The quantitative estimate of drug-likeness (QED) is 0.863. The van der Waals surface area contributed by atoms with E-state index >= 15 is 0 Å². The van der Waals surface area contributed by atoms with E-state index in [2.05, 4.69) is 15.9 Å². The monoisotopic (exact) mass is 345 g/mol. The Bertz CT molecular complexity index is 649. The number of rotatable bonds is 3. The number of benzene rings is 2. The second kappa shape index (κ2) is 5.79. The van der Waals surface area contributed by atoms with Gasteiger partial charge in [-0.05, 0) is 30.3 Å². The predicted octanol–water partition coefficient (Wildman–Crippen LogP) is 3.62. The van der Waals surface area contributed by atoms with Crippen molar-refractivity contribution in [3.8, 4) is 0 Å². The van der Waals surface area contributed by atoms with Crippen LogP contribution >= 0.6 is 15.9 Å². The van der Waals surface area contributed by atoms with Crippen molar-refractivity contribution in [2.24, 2.45) is 0 Å². The summed E-state index contributed by atoms with van der Waals surface area (Å²) >= 11 is 3.14. The fraction of sp³-hybridized carbons (Fsp3) is 0.0769. The minimum atomic E-state index is -1.59. The second-order valence-corrected chi connectivity index (χ2v) is 6.24. The second-order valence-electron chi connectivity index (χ2n) is 3.91. The standard InChI is InChI=1S/C13H10BrF2NOS/c14-9-2-1-8(11(16)5-9)7-19(18)13-6-10(15)3-4-12(13)17/h1-6H,7,17H2. The van der Waals surface area contributed by atoms with Crippen LogP contribution < -0.4 is 5.73 Å². The molecule has 2 aromatic carbocycles. The predicted molar refractivity (Wildman–Crippen MR) is 75.0 cm³/mol. The van der Waals surface area contributed by atoms with E-state index in [0.29, 0.717) is 10.0 Å². The van der Waals surface area contributed by atoms with Gasteiger partial charge >= 0.3 is 0 Å². The third-order valence-corrected chi connectivity index (χ3v) is 4.43. The lowest BCUT2D eigenvalue weighted by molar-refractivity contribution is 0.613. The van der Waals surface area contributed by atoms with Crippen LogP contribution in [0.15, 0.2) is 45.8 Å². The fourth-order valence-corrected chi connectivity index (χ4v) is 3.14. The maximum atomic E-state index is 13.6. The molecule has 2 rings (SSSR count). The first-order valence-electron chi connectivity index (χ1n) is 5.34. The third kappa shape index (κ3) is 3.39. The zero-order valence-electron chi connectivity index (χ0n) is 9.70. The molecule has 0 saturated carbocycles. The van der Waals surface area contributed by atoms with E-state index in [9.17, 15) is 13.0 Å². The molecule has 0 aliphatic heterocycles. The lowest BCUT2D eigenvalue weighted by atomic mass is 10.2. The van der Waals surface area contributed by atoms with E-state index in [0.717, 1.165) is 6.07 Å². The van der Waals surface area contributed by atoms with Gasteiger partial charge in [-0.15, -0.1) is 0 Å². The van der Waals surface area contributed by atoms with Crippen molar-refractivity contribution in [3.05, 3.63) is 58.1 Å². The fourth-order valence-electron chi connectivity index (χ4n) is 1.56. The largest absolute Gasteiger partial charge is 0.398 e. The Morgan fingerprint density at radius 3 is 2.58 bits per heavy atom. The maximum absolute atomic E-state index is 13.6. The van der Waals surface area contributed by atoms with Crippen LogP contribution in [-0.4, -0.2) is 4.21 Å². The van der Waals surface area contributed by atoms with Crippen LogP contribution in [0, 0.1) is 11.6 Å². The van der Waals surface area contributed by atoms with Crippen molar-refractivity contribution < 1.29 is 13.0 Å². The number of hydrogen-bond acceptors (Lipinski definition) is 2. The molecule has 1 unspecified atom stereocenters. The van der Waals surface area contributed by atoms with Gasteiger partial charge in [0, 0.05) is 15.7 Å². The first-order valence-corrected chi connectivity index (χ1v) is 7.46. The lowest BCUT2D eigenvalue weighted by Crippen LogP contribution is -2.03. The summed E-state index contributed by atoms with van der Waals surface area (Å²) in [5, 5.41) is 0. The molecule has 1 atom stereocenters. The third-order valence-electron chi connectivity index (χ3n) is 2.52. The summed E-state index contributed by atoms with van der Waals surface area (Å²) in [6, 6.07) is 8.14. The lowest BCUT2D eigenvalue weighted by Gasteiger charge is -2.07.